The first-order valence-corrected chi connectivity index (χ1v) is 10.6. The lowest BCUT2D eigenvalue weighted by atomic mass is 9.85. The molecule has 0 spiro atoms. The lowest BCUT2D eigenvalue weighted by molar-refractivity contribution is -0.147. The predicted octanol–water partition coefficient (Wildman–Crippen LogP) is 3.05. The molecule has 158 valence electrons. The Balaban J connectivity index is 1.45. The Morgan fingerprint density at radius 3 is 2.35 bits per heavy atom. The molecular formula is C25H24N2O4. The van der Waals surface area contributed by atoms with Gasteiger partial charge in [0.05, 0.1) is 18.9 Å². The van der Waals surface area contributed by atoms with Crippen molar-refractivity contribution in [2.45, 2.75) is 18.9 Å². The van der Waals surface area contributed by atoms with Crippen LogP contribution in [0.15, 0.2) is 66.7 Å². The van der Waals surface area contributed by atoms with Gasteiger partial charge in [0.15, 0.2) is 0 Å². The molecular weight excluding hydrogens is 392 g/mol. The van der Waals surface area contributed by atoms with Crippen LogP contribution < -0.4 is 10.1 Å². The predicted molar refractivity (Wildman–Crippen MR) is 115 cm³/mol. The van der Waals surface area contributed by atoms with Crippen molar-refractivity contribution in [2.24, 2.45) is 23.7 Å². The minimum absolute atomic E-state index is 0.107. The highest BCUT2D eigenvalue weighted by Gasteiger charge is 2.61. The van der Waals surface area contributed by atoms with Crippen LogP contribution in [0.3, 0.4) is 0 Å². The van der Waals surface area contributed by atoms with Gasteiger partial charge in [0.1, 0.15) is 11.8 Å². The van der Waals surface area contributed by atoms with Crippen molar-refractivity contribution < 1.29 is 19.1 Å². The van der Waals surface area contributed by atoms with Crippen LogP contribution >= 0.6 is 0 Å². The fourth-order valence-electron chi connectivity index (χ4n) is 5.30. The number of allylic oxidation sites excluding steroid dienone is 2. The Bertz CT molecular complexity index is 1030. The van der Waals surface area contributed by atoms with Gasteiger partial charge in [-0.15, -0.1) is 0 Å². The van der Waals surface area contributed by atoms with Crippen LogP contribution in [0.1, 0.15) is 12.0 Å². The second kappa shape index (κ2) is 7.69. The van der Waals surface area contributed by atoms with Gasteiger partial charge in [0.25, 0.3) is 0 Å². The Labute approximate surface area is 180 Å². The van der Waals surface area contributed by atoms with Gasteiger partial charge in [0.2, 0.25) is 17.7 Å². The summed E-state index contributed by atoms with van der Waals surface area (Å²) in [6.45, 7) is 0. The molecule has 1 aliphatic heterocycles. The summed E-state index contributed by atoms with van der Waals surface area (Å²) in [5.74, 6) is -0.634. The SMILES string of the molecule is COc1cccc(NC(=O)[C@@H](Cc2ccccc2)N2C(=O)[C@@H]3[C@H](C2=O)[C@H]2C=C[C@@H]3C2)c1. The molecule has 2 aromatic carbocycles. The standard InChI is InChI=1S/C25H24N2O4/c1-31-19-9-5-8-18(14-19)26-23(28)20(12-15-6-3-2-4-7-15)27-24(29)21-16-10-11-17(13-16)22(21)25(27)30/h2-11,14,16-17,20-22H,12-13H2,1H3,(H,26,28)/t16-,17+,20-,21+,22-/m1/s1. The van der Waals surface area contributed by atoms with Crippen LogP contribution in [-0.4, -0.2) is 35.8 Å². The molecule has 2 aliphatic carbocycles. The number of hydrogen-bond donors (Lipinski definition) is 1. The first kappa shape index (κ1) is 19.5. The van der Waals surface area contributed by atoms with E-state index in [0.717, 1.165) is 12.0 Å². The zero-order valence-corrected chi connectivity index (χ0v) is 17.2. The Morgan fingerprint density at radius 2 is 1.71 bits per heavy atom. The summed E-state index contributed by atoms with van der Waals surface area (Å²) in [5, 5.41) is 2.88. The number of likely N-dealkylation sites (tertiary alicyclic amines) is 1. The van der Waals surface area contributed by atoms with Crippen molar-refractivity contribution in [3.63, 3.8) is 0 Å². The average Bonchev–Trinajstić information content (AvgIpc) is 3.47. The van der Waals surface area contributed by atoms with Crippen LogP contribution in [0.5, 0.6) is 5.75 Å². The highest BCUT2D eigenvalue weighted by atomic mass is 16.5. The summed E-state index contributed by atoms with van der Waals surface area (Å²) < 4.78 is 5.23. The van der Waals surface area contributed by atoms with Gasteiger partial charge in [-0.1, -0.05) is 48.6 Å². The van der Waals surface area contributed by atoms with Crippen molar-refractivity contribution >= 4 is 23.4 Å². The van der Waals surface area contributed by atoms with Crippen molar-refractivity contribution in [1.82, 2.24) is 4.90 Å². The molecule has 0 unspecified atom stereocenters. The number of nitrogens with one attached hydrogen (secondary N) is 1. The normalized spacial score (nSPS) is 26.8. The molecule has 0 radical (unpaired) electrons. The molecule has 6 heteroatoms. The molecule has 2 fully saturated rings. The third-order valence-corrected chi connectivity index (χ3v) is 6.73. The van der Waals surface area contributed by atoms with E-state index in [4.69, 9.17) is 4.74 Å². The summed E-state index contributed by atoms with van der Waals surface area (Å²) in [4.78, 5) is 41.3. The maximum Gasteiger partial charge on any atom is 0.248 e. The van der Waals surface area contributed by atoms with Crippen LogP contribution in [0.4, 0.5) is 5.69 Å². The summed E-state index contributed by atoms with van der Waals surface area (Å²) in [5.41, 5.74) is 1.45. The maximum absolute atomic E-state index is 13.4. The zero-order chi connectivity index (χ0) is 21.5. The number of anilines is 1. The van der Waals surface area contributed by atoms with Crippen molar-refractivity contribution in [3.05, 3.63) is 72.3 Å². The van der Waals surface area contributed by atoms with Gasteiger partial charge in [-0.25, -0.2) is 0 Å². The van der Waals surface area contributed by atoms with E-state index in [1.54, 1.807) is 31.4 Å². The molecule has 1 saturated carbocycles. The topological polar surface area (TPSA) is 75.7 Å². The van der Waals surface area contributed by atoms with Crippen molar-refractivity contribution in [3.8, 4) is 5.75 Å². The number of ether oxygens (including phenoxy) is 1. The van der Waals surface area contributed by atoms with Crippen LogP contribution in [-0.2, 0) is 20.8 Å². The van der Waals surface area contributed by atoms with Crippen molar-refractivity contribution in [2.75, 3.05) is 12.4 Å². The van der Waals surface area contributed by atoms with E-state index in [1.165, 1.54) is 4.90 Å². The second-order valence-electron chi connectivity index (χ2n) is 8.47. The number of rotatable bonds is 6. The zero-order valence-electron chi connectivity index (χ0n) is 17.2. The smallest absolute Gasteiger partial charge is 0.248 e. The Hall–Kier alpha value is -3.41. The van der Waals surface area contributed by atoms with Crippen LogP contribution in [0, 0.1) is 23.7 Å². The van der Waals surface area contributed by atoms with Crippen LogP contribution in [0.2, 0.25) is 0 Å². The number of imide groups is 1. The molecule has 1 N–H and O–H groups in total. The number of methoxy groups -OCH3 is 1. The molecule has 3 aliphatic rings. The van der Waals surface area contributed by atoms with Gasteiger partial charge >= 0.3 is 0 Å². The van der Waals surface area contributed by atoms with E-state index < -0.39 is 6.04 Å². The van der Waals surface area contributed by atoms with E-state index in [1.807, 2.05) is 30.3 Å². The molecule has 2 bridgehead atoms. The third-order valence-electron chi connectivity index (χ3n) is 6.73. The highest BCUT2D eigenvalue weighted by molar-refractivity contribution is 6.11. The minimum atomic E-state index is -0.904. The van der Waals surface area contributed by atoms with Gasteiger partial charge in [-0.3, -0.25) is 19.3 Å². The van der Waals surface area contributed by atoms with E-state index in [-0.39, 0.29) is 47.8 Å². The summed E-state index contributed by atoms with van der Waals surface area (Å²) in [6.07, 6.45) is 5.25. The van der Waals surface area contributed by atoms with Gasteiger partial charge < -0.3 is 10.1 Å². The fraction of sp³-hybridized carbons (Fsp3) is 0.320. The first-order valence-electron chi connectivity index (χ1n) is 10.6. The molecule has 5 atom stereocenters. The van der Waals surface area contributed by atoms with Gasteiger partial charge in [-0.05, 0) is 36.0 Å². The molecule has 3 amide bonds. The van der Waals surface area contributed by atoms with Gasteiger partial charge in [0, 0.05) is 18.2 Å². The quantitative estimate of drug-likeness (QED) is 0.580. The van der Waals surface area contributed by atoms with E-state index in [9.17, 15) is 14.4 Å². The van der Waals surface area contributed by atoms with E-state index in [0.29, 0.717) is 11.4 Å². The number of benzene rings is 2. The molecule has 1 heterocycles. The van der Waals surface area contributed by atoms with E-state index >= 15 is 0 Å². The number of fused-ring (bicyclic) bond motifs is 5. The summed E-state index contributed by atoms with van der Waals surface area (Å²) >= 11 is 0. The number of carbonyl (C=O) groups is 3. The minimum Gasteiger partial charge on any atom is -0.497 e. The highest BCUT2D eigenvalue weighted by Crippen LogP contribution is 2.53. The third kappa shape index (κ3) is 3.32. The lowest BCUT2D eigenvalue weighted by Gasteiger charge is -2.27. The largest absolute Gasteiger partial charge is 0.497 e. The monoisotopic (exact) mass is 416 g/mol. The van der Waals surface area contributed by atoms with Crippen molar-refractivity contribution in [1.29, 1.82) is 0 Å². The Kier molecular flexibility index (Phi) is 4.85. The molecule has 0 aromatic heterocycles. The lowest BCUT2D eigenvalue weighted by Crippen LogP contribution is -2.49. The average molecular weight is 416 g/mol. The number of amides is 3. The number of nitrogens with zero attached hydrogens (tertiary/aromatic N) is 1. The molecule has 31 heavy (non-hydrogen) atoms. The van der Waals surface area contributed by atoms with Gasteiger partial charge in [-0.2, -0.15) is 0 Å². The summed E-state index contributed by atoms with van der Waals surface area (Å²) in [7, 11) is 1.56. The van der Waals surface area contributed by atoms with E-state index in [2.05, 4.69) is 17.5 Å². The maximum atomic E-state index is 13.4. The molecule has 5 rings (SSSR count). The molecule has 6 nitrogen and oxygen atoms in total. The number of carbonyl (C=O) groups excluding carboxylic acids is 3. The Morgan fingerprint density at radius 1 is 1.03 bits per heavy atom. The van der Waals surface area contributed by atoms with Crippen LogP contribution in [0.25, 0.3) is 0 Å². The molecule has 2 aromatic rings. The summed E-state index contributed by atoms with van der Waals surface area (Å²) in [6, 6.07) is 15.6. The second-order valence-corrected chi connectivity index (χ2v) is 8.47. The first-order chi connectivity index (χ1) is 15.1. The molecule has 1 saturated heterocycles. The number of hydrogen-bond acceptors (Lipinski definition) is 4. The fourth-order valence-corrected chi connectivity index (χ4v) is 5.30.